The van der Waals surface area contributed by atoms with Gasteiger partial charge >= 0.3 is 0 Å². The van der Waals surface area contributed by atoms with Crippen molar-refractivity contribution in [1.29, 1.82) is 0 Å². The summed E-state index contributed by atoms with van der Waals surface area (Å²) in [5.74, 6) is -0.272. The van der Waals surface area contributed by atoms with Crippen LogP contribution in [-0.4, -0.2) is 70.4 Å². The Kier molecular flexibility index (Phi) is 6.33. The molecule has 3 rings (SSSR count). The molecule has 0 saturated carbocycles. The minimum absolute atomic E-state index is 0.185. The third kappa shape index (κ3) is 4.51. The fourth-order valence-corrected chi connectivity index (χ4v) is 5.07. The topological polar surface area (TPSA) is 119 Å². The van der Waals surface area contributed by atoms with E-state index in [4.69, 9.17) is 4.74 Å². The van der Waals surface area contributed by atoms with E-state index in [0.29, 0.717) is 42.7 Å². The van der Waals surface area contributed by atoms with Crippen molar-refractivity contribution in [2.45, 2.75) is 29.1 Å². The summed E-state index contributed by atoms with van der Waals surface area (Å²) in [7, 11) is -1.96. The summed E-state index contributed by atoms with van der Waals surface area (Å²) >= 11 is 1.21. The van der Waals surface area contributed by atoms with Crippen LogP contribution < -0.4 is 5.32 Å². The first-order valence-corrected chi connectivity index (χ1v) is 11.0. The van der Waals surface area contributed by atoms with Crippen LogP contribution in [0.3, 0.4) is 0 Å². The van der Waals surface area contributed by atoms with Gasteiger partial charge in [-0.05, 0) is 42.0 Å². The van der Waals surface area contributed by atoms with E-state index in [1.807, 2.05) is 0 Å². The molecule has 1 fully saturated rings. The molecular weight excluding hydrogens is 404 g/mol. The molecule has 28 heavy (non-hydrogen) atoms. The minimum atomic E-state index is -3.65. The number of rotatable bonds is 6. The molecule has 10 nitrogen and oxygen atoms in total. The first kappa shape index (κ1) is 20.7. The minimum Gasteiger partial charge on any atom is -0.379 e. The number of carbonyl (C=O) groups is 1. The highest BCUT2D eigenvalue weighted by molar-refractivity contribution is 8.00. The number of hydrogen-bond acceptors (Lipinski definition) is 8. The van der Waals surface area contributed by atoms with Crippen LogP contribution in [0.25, 0.3) is 0 Å². The largest absolute Gasteiger partial charge is 0.379 e. The van der Waals surface area contributed by atoms with Crippen molar-refractivity contribution in [2.24, 2.45) is 7.05 Å². The SMILES string of the molecule is Cc1ccc(NC(=O)C(C)Sc2nnnn2C)cc1S(=O)(=O)N1CCOCC1. The Morgan fingerprint density at radius 1 is 1.32 bits per heavy atom. The number of carbonyl (C=O) groups excluding carboxylic acids is 1. The number of aryl methyl sites for hydroxylation is 2. The number of anilines is 1. The van der Waals surface area contributed by atoms with Crippen molar-refractivity contribution in [3.63, 3.8) is 0 Å². The lowest BCUT2D eigenvalue weighted by Gasteiger charge is -2.27. The van der Waals surface area contributed by atoms with E-state index in [-0.39, 0.29) is 10.8 Å². The van der Waals surface area contributed by atoms with Crippen molar-refractivity contribution < 1.29 is 17.9 Å². The predicted molar refractivity (Wildman–Crippen MR) is 104 cm³/mol. The van der Waals surface area contributed by atoms with Crippen LogP contribution >= 0.6 is 11.8 Å². The third-order valence-corrected chi connectivity index (χ3v) is 7.44. The average molecular weight is 427 g/mol. The van der Waals surface area contributed by atoms with E-state index in [0.717, 1.165) is 0 Å². The number of sulfonamides is 1. The van der Waals surface area contributed by atoms with Gasteiger partial charge in [0, 0.05) is 25.8 Å². The molecule has 1 aromatic carbocycles. The van der Waals surface area contributed by atoms with Crippen LogP contribution in [0.5, 0.6) is 0 Å². The zero-order chi connectivity index (χ0) is 20.3. The van der Waals surface area contributed by atoms with E-state index >= 15 is 0 Å². The number of ether oxygens (including phenoxy) is 1. The molecule has 1 aliphatic heterocycles. The van der Waals surface area contributed by atoms with Gasteiger partial charge in [-0.1, -0.05) is 17.8 Å². The molecule has 1 aromatic heterocycles. The molecule has 0 bridgehead atoms. The fourth-order valence-electron chi connectivity index (χ4n) is 2.66. The van der Waals surface area contributed by atoms with Gasteiger partial charge < -0.3 is 10.1 Å². The summed E-state index contributed by atoms with van der Waals surface area (Å²) in [6.45, 7) is 4.85. The lowest BCUT2D eigenvalue weighted by atomic mass is 10.2. The van der Waals surface area contributed by atoms with Crippen LogP contribution in [0.1, 0.15) is 12.5 Å². The van der Waals surface area contributed by atoms with Crippen molar-refractivity contribution in [2.75, 3.05) is 31.6 Å². The van der Waals surface area contributed by atoms with Crippen LogP contribution in [0, 0.1) is 6.92 Å². The number of thioether (sulfide) groups is 1. The second-order valence-electron chi connectivity index (χ2n) is 6.33. The Balaban J connectivity index is 1.75. The molecule has 1 N–H and O–H groups in total. The smallest absolute Gasteiger partial charge is 0.243 e. The van der Waals surface area contributed by atoms with E-state index < -0.39 is 15.3 Å². The van der Waals surface area contributed by atoms with Crippen molar-refractivity contribution in [1.82, 2.24) is 24.5 Å². The van der Waals surface area contributed by atoms with Gasteiger partial charge in [0.2, 0.25) is 21.1 Å². The molecule has 1 unspecified atom stereocenters. The summed E-state index contributed by atoms with van der Waals surface area (Å²) in [5.41, 5.74) is 1.04. The van der Waals surface area contributed by atoms with Gasteiger partial charge in [-0.15, -0.1) is 5.10 Å². The van der Waals surface area contributed by atoms with Crippen molar-refractivity contribution >= 4 is 33.4 Å². The highest BCUT2D eigenvalue weighted by atomic mass is 32.2. The van der Waals surface area contributed by atoms with Gasteiger partial charge in [0.25, 0.3) is 0 Å². The van der Waals surface area contributed by atoms with E-state index in [9.17, 15) is 13.2 Å². The van der Waals surface area contributed by atoms with Gasteiger partial charge in [0.15, 0.2) is 0 Å². The van der Waals surface area contributed by atoms with Gasteiger partial charge in [-0.2, -0.15) is 4.31 Å². The fraction of sp³-hybridized carbons (Fsp3) is 0.500. The monoisotopic (exact) mass is 426 g/mol. The lowest BCUT2D eigenvalue weighted by Crippen LogP contribution is -2.40. The molecule has 1 aliphatic rings. The Morgan fingerprint density at radius 2 is 2.04 bits per heavy atom. The van der Waals surface area contributed by atoms with Crippen molar-refractivity contribution in [3.05, 3.63) is 23.8 Å². The van der Waals surface area contributed by atoms with Crippen molar-refractivity contribution in [3.8, 4) is 0 Å². The van der Waals surface area contributed by atoms with Gasteiger partial charge in [0.05, 0.1) is 23.4 Å². The second kappa shape index (κ2) is 8.55. The molecule has 152 valence electrons. The zero-order valence-corrected chi connectivity index (χ0v) is 17.5. The first-order valence-electron chi connectivity index (χ1n) is 8.67. The molecule has 1 saturated heterocycles. The van der Waals surface area contributed by atoms with Gasteiger partial charge in [-0.3, -0.25) is 4.79 Å². The summed E-state index contributed by atoms with van der Waals surface area (Å²) < 4.78 is 34.0. The van der Waals surface area contributed by atoms with Crippen LogP contribution in [0.4, 0.5) is 5.69 Å². The number of morpholine rings is 1. The second-order valence-corrected chi connectivity index (χ2v) is 9.55. The highest BCUT2D eigenvalue weighted by Gasteiger charge is 2.28. The number of nitrogens with zero attached hydrogens (tertiary/aromatic N) is 5. The van der Waals surface area contributed by atoms with Gasteiger partial charge in [-0.25, -0.2) is 13.1 Å². The highest BCUT2D eigenvalue weighted by Crippen LogP contribution is 2.26. The summed E-state index contributed by atoms with van der Waals surface area (Å²) in [5, 5.41) is 13.9. The molecule has 1 amide bonds. The normalized spacial score (nSPS) is 16.7. The number of tetrazole rings is 1. The Morgan fingerprint density at radius 3 is 2.68 bits per heavy atom. The maximum atomic E-state index is 13.0. The quantitative estimate of drug-likeness (QED) is 0.669. The zero-order valence-electron chi connectivity index (χ0n) is 15.8. The van der Waals surface area contributed by atoms with E-state index in [1.54, 1.807) is 33.0 Å². The summed E-state index contributed by atoms with van der Waals surface area (Å²) in [6, 6.07) is 4.87. The van der Waals surface area contributed by atoms with E-state index in [2.05, 4.69) is 20.8 Å². The molecule has 2 aromatic rings. The molecule has 2 heterocycles. The number of amides is 1. The van der Waals surface area contributed by atoms with Crippen LogP contribution in [0.2, 0.25) is 0 Å². The van der Waals surface area contributed by atoms with Crippen LogP contribution in [-0.2, 0) is 26.6 Å². The Labute approximate surface area is 167 Å². The van der Waals surface area contributed by atoms with Gasteiger partial charge in [0.1, 0.15) is 0 Å². The maximum Gasteiger partial charge on any atom is 0.243 e. The summed E-state index contributed by atoms with van der Waals surface area (Å²) in [4.78, 5) is 12.7. The number of benzene rings is 1. The predicted octanol–water partition coefficient (Wildman–Crippen LogP) is 0.659. The maximum absolute atomic E-state index is 13.0. The number of aromatic nitrogens is 4. The van der Waals surface area contributed by atoms with Crippen LogP contribution in [0.15, 0.2) is 28.3 Å². The standard InChI is InChI=1S/C16H22N6O4S2/c1-11-4-5-13(10-14(11)28(24,25)22-6-8-26-9-7-22)17-15(23)12(2)27-16-18-19-20-21(16)3/h4-5,10,12H,6-9H2,1-3H3,(H,17,23). The Hall–Kier alpha value is -2.02. The molecule has 0 aliphatic carbocycles. The molecule has 0 radical (unpaired) electrons. The Bertz CT molecular complexity index is 956. The molecule has 1 atom stereocenters. The number of hydrogen-bond donors (Lipinski definition) is 1. The third-order valence-electron chi connectivity index (χ3n) is 4.28. The lowest BCUT2D eigenvalue weighted by molar-refractivity contribution is -0.115. The first-order chi connectivity index (χ1) is 13.3. The number of nitrogens with one attached hydrogen (secondary N) is 1. The molecule has 12 heteroatoms. The molecule has 0 spiro atoms. The average Bonchev–Trinajstić information content (AvgIpc) is 3.08. The molecular formula is C16H22N6O4S2. The summed E-state index contributed by atoms with van der Waals surface area (Å²) in [6.07, 6.45) is 0. The van der Waals surface area contributed by atoms with E-state index in [1.165, 1.54) is 26.8 Å².